The van der Waals surface area contributed by atoms with Gasteiger partial charge in [0.25, 0.3) is 5.56 Å². The summed E-state index contributed by atoms with van der Waals surface area (Å²) in [5, 5.41) is 13.7. The van der Waals surface area contributed by atoms with Crippen molar-refractivity contribution in [2.24, 2.45) is 0 Å². The van der Waals surface area contributed by atoms with Gasteiger partial charge in [0.1, 0.15) is 5.75 Å². The first-order valence-corrected chi connectivity index (χ1v) is 13.2. The van der Waals surface area contributed by atoms with Gasteiger partial charge >= 0.3 is 0 Å². The van der Waals surface area contributed by atoms with Crippen molar-refractivity contribution in [1.82, 2.24) is 30.1 Å². The van der Waals surface area contributed by atoms with Crippen LogP contribution in [0, 0.1) is 0 Å². The summed E-state index contributed by atoms with van der Waals surface area (Å²) in [5.41, 5.74) is 1.41. The van der Waals surface area contributed by atoms with E-state index in [0.717, 1.165) is 67.8 Å². The molecule has 0 aliphatic carbocycles. The lowest BCUT2D eigenvalue weighted by molar-refractivity contribution is 0.0470. The number of rotatable bonds is 11. The van der Waals surface area contributed by atoms with Gasteiger partial charge in [-0.25, -0.2) is 4.68 Å². The number of tetrazole rings is 1. The maximum atomic E-state index is 13.1. The van der Waals surface area contributed by atoms with Crippen molar-refractivity contribution in [2.75, 3.05) is 26.4 Å². The smallest absolute Gasteiger partial charge is 0.252 e. The number of nitrogens with zero attached hydrogens (tertiary/aromatic N) is 5. The molecule has 1 N–H and O–H groups in total. The van der Waals surface area contributed by atoms with Crippen molar-refractivity contribution in [3.8, 4) is 5.75 Å². The topological polar surface area (TPSA) is 107 Å². The van der Waals surface area contributed by atoms with Gasteiger partial charge in [-0.15, -0.1) is 5.10 Å². The summed E-state index contributed by atoms with van der Waals surface area (Å²) in [5.74, 6) is 1.60. The van der Waals surface area contributed by atoms with E-state index in [1.165, 1.54) is 0 Å². The molecule has 0 saturated carbocycles. The Morgan fingerprint density at radius 1 is 1.17 bits per heavy atom. The van der Waals surface area contributed by atoms with E-state index in [4.69, 9.17) is 14.2 Å². The molecule has 0 radical (unpaired) electrons. The molecule has 3 atom stereocenters. The van der Waals surface area contributed by atoms with Crippen LogP contribution < -0.4 is 10.3 Å². The summed E-state index contributed by atoms with van der Waals surface area (Å²) in [6, 6.07) is 7.66. The van der Waals surface area contributed by atoms with Crippen LogP contribution >= 0.6 is 0 Å². The molecule has 2 aliphatic rings. The molecule has 194 valence electrons. The first-order chi connectivity index (χ1) is 17.6. The second-order valence-corrected chi connectivity index (χ2v) is 9.65. The second kappa shape index (κ2) is 11.5. The zero-order valence-electron chi connectivity index (χ0n) is 21.2. The molecule has 4 heterocycles. The van der Waals surface area contributed by atoms with Gasteiger partial charge in [0, 0.05) is 42.8 Å². The highest BCUT2D eigenvalue weighted by molar-refractivity contribution is 5.80. The highest BCUT2D eigenvalue weighted by Gasteiger charge is 2.30. The SMILES string of the molecule is CCOc1ccc2[nH]c(=O)c(CN(C[C@@H]3CCCO3)[C@H](CC)c3nnnn3C[C@H]3CCCO3)cc2c1. The average molecular weight is 497 g/mol. The molecule has 0 amide bonds. The lowest BCUT2D eigenvalue weighted by Crippen LogP contribution is -2.38. The third-order valence-corrected chi connectivity index (χ3v) is 7.12. The molecule has 2 fully saturated rings. The van der Waals surface area contributed by atoms with Crippen LogP contribution in [0.25, 0.3) is 10.9 Å². The quantitative estimate of drug-likeness (QED) is 0.431. The normalized spacial score (nSPS) is 21.0. The first kappa shape index (κ1) is 24.9. The van der Waals surface area contributed by atoms with Crippen LogP contribution in [0.1, 0.15) is 63.4 Å². The maximum Gasteiger partial charge on any atom is 0.252 e. The van der Waals surface area contributed by atoms with Gasteiger partial charge in [0.2, 0.25) is 0 Å². The summed E-state index contributed by atoms with van der Waals surface area (Å²) in [6.45, 7) is 8.08. The van der Waals surface area contributed by atoms with Gasteiger partial charge in [-0.3, -0.25) is 9.69 Å². The third-order valence-electron chi connectivity index (χ3n) is 7.12. The Balaban J connectivity index is 1.45. The fourth-order valence-corrected chi connectivity index (χ4v) is 5.34. The summed E-state index contributed by atoms with van der Waals surface area (Å²) >= 11 is 0. The molecule has 1 aromatic carbocycles. The number of aromatic amines is 1. The van der Waals surface area contributed by atoms with Gasteiger partial charge in [0.15, 0.2) is 5.82 Å². The zero-order chi connectivity index (χ0) is 24.9. The van der Waals surface area contributed by atoms with E-state index < -0.39 is 0 Å². The Morgan fingerprint density at radius 2 is 1.97 bits per heavy atom. The van der Waals surface area contributed by atoms with Gasteiger partial charge in [-0.1, -0.05) is 6.92 Å². The minimum absolute atomic E-state index is 0.0598. The van der Waals surface area contributed by atoms with Crippen molar-refractivity contribution in [3.63, 3.8) is 0 Å². The Hall–Kier alpha value is -2.82. The Kier molecular flexibility index (Phi) is 7.93. The van der Waals surface area contributed by atoms with Crippen LogP contribution in [0.15, 0.2) is 29.1 Å². The van der Waals surface area contributed by atoms with Crippen LogP contribution in [0.4, 0.5) is 0 Å². The molecule has 10 nitrogen and oxygen atoms in total. The number of nitrogens with one attached hydrogen (secondary N) is 1. The molecule has 0 spiro atoms. The van der Waals surface area contributed by atoms with Crippen molar-refractivity contribution < 1.29 is 14.2 Å². The molecule has 2 aromatic heterocycles. The van der Waals surface area contributed by atoms with Crippen molar-refractivity contribution in [1.29, 1.82) is 0 Å². The Morgan fingerprint density at radius 3 is 2.69 bits per heavy atom. The summed E-state index contributed by atoms with van der Waals surface area (Å²) < 4.78 is 19.4. The van der Waals surface area contributed by atoms with E-state index in [9.17, 15) is 4.79 Å². The molecule has 5 rings (SSSR count). The largest absolute Gasteiger partial charge is 0.494 e. The maximum absolute atomic E-state index is 13.1. The molecule has 10 heteroatoms. The van der Waals surface area contributed by atoms with Gasteiger partial charge in [-0.05, 0) is 73.7 Å². The number of fused-ring (bicyclic) bond motifs is 1. The number of hydrogen-bond acceptors (Lipinski definition) is 8. The van der Waals surface area contributed by atoms with Gasteiger partial charge in [-0.2, -0.15) is 0 Å². The molecule has 2 saturated heterocycles. The summed E-state index contributed by atoms with van der Waals surface area (Å²) in [4.78, 5) is 18.5. The molecule has 0 unspecified atom stereocenters. The van der Waals surface area contributed by atoms with Crippen LogP contribution in [-0.2, 0) is 22.6 Å². The first-order valence-electron chi connectivity index (χ1n) is 13.2. The van der Waals surface area contributed by atoms with Crippen LogP contribution in [0.2, 0.25) is 0 Å². The van der Waals surface area contributed by atoms with E-state index in [-0.39, 0.29) is 23.8 Å². The predicted molar refractivity (Wildman–Crippen MR) is 135 cm³/mol. The number of hydrogen-bond donors (Lipinski definition) is 1. The molecule has 2 aliphatic heterocycles. The van der Waals surface area contributed by atoms with E-state index in [2.05, 4.69) is 32.3 Å². The molecular formula is C26H36N6O4. The van der Waals surface area contributed by atoms with E-state index in [1.807, 2.05) is 35.9 Å². The fourth-order valence-electron chi connectivity index (χ4n) is 5.34. The third kappa shape index (κ3) is 5.61. The lowest BCUT2D eigenvalue weighted by atomic mass is 10.1. The minimum Gasteiger partial charge on any atom is -0.494 e. The van der Waals surface area contributed by atoms with Crippen molar-refractivity contribution in [3.05, 3.63) is 46.0 Å². The Bertz CT molecular complexity index is 1200. The average Bonchev–Trinajstić information content (AvgIpc) is 3.65. The minimum atomic E-state index is -0.0854. The fraction of sp³-hybridized carbons (Fsp3) is 0.615. The van der Waals surface area contributed by atoms with Crippen molar-refractivity contribution >= 4 is 10.9 Å². The van der Waals surface area contributed by atoms with Crippen LogP contribution in [-0.4, -0.2) is 68.7 Å². The predicted octanol–water partition coefficient (Wildman–Crippen LogP) is 3.22. The lowest BCUT2D eigenvalue weighted by Gasteiger charge is -2.32. The standard InChI is InChI=1S/C26H36N6O4/c1-3-24(25-28-29-30-32(25)17-22-8-6-12-36-22)31(16-21-7-5-11-35-21)15-19-13-18-14-20(34-4-2)9-10-23(18)27-26(19)33/h9-10,13-14,21-22,24H,3-8,11-12,15-17H2,1-2H3,(H,27,33)/t21-,22+,24+/m0/s1. The molecule has 36 heavy (non-hydrogen) atoms. The molecule has 0 bridgehead atoms. The monoisotopic (exact) mass is 496 g/mol. The highest BCUT2D eigenvalue weighted by Crippen LogP contribution is 2.28. The number of pyridine rings is 1. The highest BCUT2D eigenvalue weighted by atomic mass is 16.5. The number of aromatic nitrogens is 5. The number of ether oxygens (including phenoxy) is 3. The number of H-pyrrole nitrogens is 1. The van der Waals surface area contributed by atoms with Crippen molar-refractivity contribution in [2.45, 2.75) is 77.3 Å². The second-order valence-electron chi connectivity index (χ2n) is 9.65. The van der Waals surface area contributed by atoms with Gasteiger partial charge < -0.3 is 19.2 Å². The van der Waals surface area contributed by atoms with E-state index in [1.54, 1.807) is 0 Å². The Labute approximate surface area is 210 Å². The van der Waals surface area contributed by atoms with Crippen LogP contribution in [0.5, 0.6) is 5.75 Å². The summed E-state index contributed by atoms with van der Waals surface area (Å²) in [6.07, 6.45) is 5.23. The molecule has 3 aromatic rings. The van der Waals surface area contributed by atoms with E-state index >= 15 is 0 Å². The summed E-state index contributed by atoms with van der Waals surface area (Å²) in [7, 11) is 0. The van der Waals surface area contributed by atoms with Gasteiger partial charge in [0.05, 0.1) is 31.4 Å². The number of benzene rings is 1. The zero-order valence-corrected chi connectivity index (χ0v) is 21.2. The van der Waals surface area contributed by atoms with E-state index in [0.29, 0.717) is 31.8 Å². The molecular weight excluding hydrogens is 460 g/mol. The van der Waals surface area contributed by atoms with Crippen LogP contribution in [0.3, 0.4) is 0 Å².